The Morgan fingerprint density at radius 1 is 0.962 bits per heavy atom. The van der Waals surface area contributed by atoms with Gasteiger partial charge in [-0.25, -0.2) is 13.1 Å². The van der Waals surface area contributed by atoms with E-state index in [0.717, 1.165) is 17.5 Å². The number of nitrogens with zero attached hydrogens (tertiary/aromatic N) is 3. The summed E-state index contributed by atoms with van der Waals surface area (Å²) in [5.74, 6) is 0.880. The molecule has 0 spiro atoms. The van der Waals surface area contributed by atoms with Crippen LogP contribution in [0.5, 0.6) is 0 Å². The number of rotatable bonds is 9. The minimum absolute atomic E-state index is 0.0913. The van der Waals surface area contributed by atoms with Crippen LogP contribution in [0.15, 0.2) is 59.3 Å². The molecule has 0 radical (unpaired) electrons. The van der Waals surface area contributed by atoms with Crippen LogP contribution >= 0.6 is 0 Å². The van der Waals surface area contributed by atoms with Crippen molar-refractivity contribution in [2.75, 3.05) is 12.3 Å². The number of aryl methyl sites for hydroxylation is 1. The van der Waals surface area contributed by atoms with E-state index in [9.17, 15) is 8.42 Å². The van der Waals surface area contributed by atoms with Crippen LogP contribution in [0.3, 0.4) is 0 Å². The largest absolute Gasteiger partial charge is 0.421 e. The third-order valence-corrected chi connectivity index (χ3v) is 5.25. The van der Waals surface area contributed by atoms with E-state index in [-0.39, 0.29) is 12.3 Å². The SMILES string of the molecule is O=S(=O)(CCCc1ccccc1)NCCc1nnc(-c2ccncc2)o1. The van der Waals surface area contributed by atoms with E-state index in [4.69, 9.17) is 4.42 Å². The van der Waals surface area contributed by atoms with Gasteiger partial charge in [-0.3, -0.25) is 4.98 Å². The molecule has 0 atom stereocenters. The molecule has 0 bridgehead atoms. The molecule has 7 nitrogen and oxygen atoms in total. The summed E-state index contributed by atoms with van der Waals surface area (Å²) >= 11 is 0. The van der Waals surface area contributed by atoms with Crippen molar-refractivity contribution < 1.29 is 12.8 Å². The first kappa shape index (κ1) is 18.2. The average Bonchev–Trinajstić information content (AvgIpc) is 3.12. The van der Waals surface area contributed by atoms with Gasteiger partial charge >= 0.3 is 0 Å². The van der Waals surface area contributed by atoms with E-state index in [1.165, 1.54) is 0 Å². The molecule has 3 rings (SSSR count). The monoisotopic (exact) mass is 372 g/mol. The molecule has 136 valence electrons. The molecule has 0 aliphatic rings. The second-order valence-electron chi connectivity index (χ2n) is 5.79. The van der Waals surface area contributed by atoms with Crippen LogP contribution in [-0.4, -0.2) is 35.9 Å². The molecule has 1 aromatic carbocycles. The summed E-state index contributed by atoms with van der Waals surface area (Å²) in [6.07, 6.45) is 4.94. The van der Waals surface area contributed by atoms with Gasteiger partial charge in [-0.15, -0.1) is 10.2 Å². The number of hydrogen-bond acceptors (Lipinski definition) is 6. The Morgan fingerprint density at radius 2 is 1.73 bits per heavy atom. The predicted octanol–water partition coefficient (Wildman–Crippen LogP) is 2.23. The standard InChI is InChI=1S/C18H20N4O3S/c23-26(24,14-4-7-15-5-2-1-3-6-15)20-13-10-17-21-22-18(25-17)16-8-11-19-12-9-16/h1-3,5-6,8-9,11-12,20H,4,7,10,13-14H2. The molecule has 0 unspecified atom stereocenters. The lowest BCUT2D eigenvalue weighted by atomic mass is 10.1. The zero-order valence-electron chi connectivity index (χ0n) is 14.2. The lowest BCUT2D eigenvalue weighted by Gasteiger charge is -2.05. The quantitative estimate of drug-likeness (QED) is 0.618. The van der Waals surface area contributed by atoms with E-state index in [0.29, 0.717) is 24.6 Å². The topological polar surface area (TPSA) is 98.0 Å². The van der Waals surface area contributed by atoms with Crippen molar-refractivity contribution in [3.63, 3.8) is 0 Å². The van der Waals surface area contributed by atoms with Crippen molar-refractivity contribution in [2.45, 2.75) is 19.3 Å². The highest BCUT2D eigenvalue weighted by Crippen LogP contribution is 2.16. The summed E-state index contributed by atoms with van der Waals surface area (Å²) in [5, 5.41) is 7.91. The number of benzene rings is 1. The first-order valence-corrected chi connectivity index (χ1v) is 10.0. The first-order chi connectivity index (χ1) is 12.6. The van der Waals surface area contributed by atoms with Crippen LogP contribution in [0, 0.1) is 0 Å². The maximum absolute atomic E-state index is 12.1. The summed E-state index contributed by atoms with van der Waals surface area (Å²) in [4.78, 5) is 3.93. The highest BCUT2D eigenvalue weighted by Gasteiger charge is 2.12. The average molecular weight is 372 g/mol. The molecule has 2 heterocycles. The Balaban J connectivity index is 1.43. The van der Waals surface area contributed by atoms with Crippen LogP contribution in [0.4, 0.5) is 0 Å². The first-order valence-electron chi connectivity index (χ1n) is 8.36. The third-order valence-electron chi connectivity index (χ3n) is 3.78. The van der Waals surface area contributed by atoms with Gasteiger partial charge in [0.15, 0.2) is 0 Å². The molecule has 0 aliphatic heterocycles. The van der Waals surface area contributed by atoms with Gasteiger partial charge < -0.3 is 4.42 Å². The molecule has 0 saturated carbocycles. The van der Waals surface area contributed by atoms with Gasteiger partial charge in [0.05, 0.1) is 5.75 Å². The van der Waals surface area contributed by atoms with Crippen molar-refractivity contribution in [3.8, 4) is 11.5 Å². The molecule has 2 aromatic heterocycles. The molecule has 0 saturated heterocycles. The zero-order chi connectivity index (χ0) is 18.2. The van der Waals surface area contributed by atoms with Gasteiger partial charge in [-0.2, -0.15) is 0 Å². The van der Waals surface area contributed by atoms with E-state index in [1.807, 2.05) is 30.3 Å². The number of hydrogen-bond donors (Lipinski definition) is 1. The second kappa shape index (κ2) is 8.68. The van der Waals surface area contributed by atoms with Gasteiger partial charge in [0.2, 0.25) is 21.8 Å². The Labute approximate surface area is 152 Å². The maximum Gasteiger partial charge on any atom is 0.247 e. The molecular formula is C18H20N4O3S. The van der Waals surface area contributed by atoms with Crippen LogP contribution in [-0.2, 0) is 22.9 Å². The molecule has 26 heavy (non-hydrogen) atoms. The Morgan fingerprint density at radius 3 is 2.50 bits per heavy atom. The number of aromatic nitrogens is 3. The highest BCUT2D eigenvalue weighted by molar-refractivity contribution is 7.89. The van der Waals surface area contributed by atoms with Gasteiger partial charge in [-0.1, -0.05) is 30.3 Å². The summed E-state index contributed by atoms with van der Waals surface area (Å²) in [6.45, 7) is 0.228. The Kier molecular flexibility index (Phi) is 6.08. The van der Waals surface area contributed by atoms with Gasteiger partial charge in [0.1, 0.15) is 0 Å². The zero-order valence-corrected chi connectivity index (χ0v) is 15.0. The van der Waals surface area contributed by atoms with Crippen molar-refractivity contribution in [2.24, 2.45) is 0 Å². The molecule has 0 aliphatic carbocycles. The van der Waals surface area contributed by atoms with Crippen molar-refractivity contribution in [3.05, 3.63) is 66.3 Å². The highest BCUT2D eigenvalue weighted by atomic mass is 32.2. The third kappa shape index (κ3) is 5.47. The molecule has 8 heteroatoms. The summed E-state index contributed by atoms with van der Waals surface area (Å²) < 4.78 is 32.2. The molecular weight excluding hydrogens is 352 g/mol. The van der Waals surface area contributed by atoms with Gasteiger partial charge in [0, 0.05) is 30.9 Å². The summed E-state index contributed by atoms with van der Waals surface area (Å²) in [5.41, 5.74) is 1.91. The molecule has 3 aromatic rings. The molecule has 0 amide bonds. The number of pyridine rings is 1. The van der Waals surface area contributed by atoms with Crippen LogP contribution in [0.1, 0.15) is 17.9 Å². The van der Waals surface area contributed by atoms with Crippen LogP contribution in [0.2, 0.25) is 0 Å². The van der Waals surface area contributed by atoms with Crippen molar-refractivity contribution in [1.82, 2.24) is 19.9 Å². The van der Waals surface area contributed by atoms with E-state index < -0.39 is 10.0 Å². The fourth-order valence-electron chi connectivity index (χ4n) is 2.46. The fourth-order valence-corrected chi connectivity index (χ4v) is 3.54. The lowest BCUT2D eigenvalue weighted by Crippen LogP contribution is -2.28. The summed E-state index contributed by atoms with van der Waals surface area (Å²) in [7, 11) is -3.32. The minimum Gasteiger partial charge on any atom is -0.421 e. The van der Waals surface area contributed by atoms with E-state index in [1.54, 1.807) is 24.5 Å². The Hall–Kier alpha value is -2.58. The minimum atomic E-state index is -3.32. The van der Waals surface area contributed by atoms with Gasteiger partial charge in [-0.05, 0) is 30.5 Å². The maximum atomic E-state index is 12.1. The second-order valence-corrected chi connectivity index (χ2v) is 7.72. The number of sulfonamides is 1. The van der Waals surface area contributed by atoms with Crippen molar-refractivity contribution >= 4 is 10.0 Å². The van der Waals surface area contributed by atoms with E-state index >= 15 is 0 Å². The molecule has 1 N–H and O–H groups in total. The van der Waals surface area contributed by atoms with Gasteiger partial charge in [0.25, 0.3) is 0 Å². The smallest absolute Gasteiger partial charge is 0.247 e. The van der Waals surface area contributed by atoms with Crippen molar-refractivity contribution in [1.29, 1.82) is 0 Å². The normalized spacial score (nSPS) is 11.5. The fraction of sp³-hybridized carbons (Fsp3) is 0.278. The lowest BCUT2D eigenvalue weighted by molar-refractivity contribution is 0.501. The predicted molar refractivity (Wildman–Crippen MR) is 97.8 cm³/mol. The van der Waals surface area contributed by atoms with Crippen LogP contribution < -0.4 is 4.72 Å². The summed E-state index contributed by atoms with van der Waals surface area (Å²) in [6, 6.07) is 13.4. The van der Waals surface area contributed by atoms with E-state index in [2.05, 4.69) is 19.9 Å². The number of nitrogens with one attached hydrogen (secondary N) is 1. The molecule has 0 fully saturated rings. The Bertz CT molecular complexity index is 912. The van der Waals surface area contributed by atoms with Crippen LogP contribution in [0.25, 0.3) is 11.5 Å².